The maximum atomic E-state index is 12.0. The van der Waals surface area contributed by atoms with Crippen LogP contribution in [0.2, 0.25) is 0 Å². The molecule has 1 atom stereocenters. The zero-order valence-electron chi connectivity index (χ0n) is 16.5. The van der Waals surface area contributed by atoms with Crippen LogP contribution in [0.15, 0.2) is 54.6 Å². The smallest absolute Gasteiger partial charge is 0.407 e. The zero-order valence-corrected chi connectivity index (χ0v) is 16.5. The molecule has 2 aromatic rings. The number of carbonyl (C=O) groups excluding carboxylic acids is 2. The average Bonchev–Trinajstić information content (AvgIpc) is 2.69. The van der Waals surface area contributed by atoms with Crippen LogP contribution in [0.3, 0.4) is 0 Å². The summed E-state index contributed by atoms with van der Waals surface area (Å²) in [7, 11) is 0. The second-order valence-electron chi connectivity index (χ2n) is 7.19. The van der Waals surface area contributed by atoms with E-state index < -0.39 is 12.1 Å². The van der Waals surface area contributed by atoms with Crippen LogP contribution in [0, 0.1) is 5.92 Å². The Bertz CT molecular complexity index is 763. The van der Waals surface area contributed by atoms with Crippen molar-refractivity contribution < 1.29 is 14.3 Å². The molecule has 0 aliphatic rings. The first kappa shape index (κ1) is 21.4. The van der Waals surface area contributed by atoms with E-state index >= 15 is 0 Å². The van der Waals surface area contributed by atoms with Gasteiger partial charge in [-0.25, -0.2) is 4.79 Å². The van der Waals surface area contributed by atoms with Gasteiger partial charge in [0.15, 0.2) is 0 Å². The van der Waals surface area contributed by atoms with E-state index in [9.17, 15) is 9.59 Å². The number of hydrogen-bond acceptors (Lipinski definition) is 4. The third kappa shape index (κ3) is 7.80. The predicted molar refractivity (Wildman–Crippen MR) is 109 cm³/mol. The quantitative estimate of drug-likeness (QED) is 0.620. The Hall–Kier alpha value is -2.86. The SMILES string of the molecule is CC(C)C[C@H](N)C(=O)NCc1cccc(CNC(=O)OCc2ccccc2)c1. The standard InChI is InChI=1S/C22H29N3O3/c1-16(2)11-20(23)21(26)24-13-18-9-6-10-19(12-18)14-25-22(27)28-15-17-7-4-3-5-8-17/h3-10,12,16,20H,11,13-15,23H2,1-2H3,(H,24,26)(H,25,27)/t20-/m0/s1. The molecular formula is C22H29N3O3. The van der Waals surface area contributed by atoms with E-state index in [0.29, 0.717) is 25.4 Å². The van der Waals surface area contributed by atoms with Gasteiger partial charge in [0.2, 0.25) is 5.91 Å². The van der Waals surface area contributed by atoms with Crippen molar-refractivity contribution in [2.45, 2.75) is 46.0 Å². The summed E-state index contributed by atoms with van der Waals surface area (Å²) in [5.74, 6) is 0.221. The van der Waals surface area contributed by atoms with E-state index in [1.165, 1.54) is 0 Å². The summed E-state index contributed by atoms with van der Waals surface area (Å²) in [4.78, 5) is 23.9. The number of hydrogen-bond donors (Lipinski definition) is 3. The molecule has 0 saturated heterocycles. The Labute approximate surface area is 166 Å². The molecule has 0 heterocycles. The van der Waals surface area contributed by atoms with Crippen molar-refractivity contribution in [3.8, 4) is 0 Å². The van der Waals surface area contributed by atoms with Gasteiger partial charge in [-0.2, -0.15) is 0 Å². The molecule has 0 aliphatic carbocycles. The van der Waals surface area contributed by atoms with Gasteiger partial charge in [-0.1, -0.05) is 68.4 Å². The molecule has 0 spiro atoms. The second kappa shape index (κ2) is 11.1. The lowest BCUT2D eigenvalue weighted by Crippen LogP contribution is -2.41. The number of nitrogens with one attached hydrogen (secondary N) is 2. The molecular weight excluding hydrogens is 354 g/mol. The van der Waals surface area contributed by atoms with Crippen LogP contribution in [0.25, 0.3) is 0 Å². The first-order valence-corrected chi connectivity index (χ1v) is 9.49. The van der Waals surface area contributed by atoms with Crippen molar-refractivity contribution in [3.05, 3.63) is 71.3 Å². The Balaban J connectivity index is 1.76. The molecule has 0 fully saturated rings. The van der Waals surface area contributed by atoms with Gasteiger partial charge in [-0.3, -0.25) is 4.79 Å². The minimum Gasteiger partial charge on any atom is -0.445 e. The van der Waals surface area contributed by atoms with Gasteiger partial charge in [0.1, 0.15) is 6.61 Å². The summed E-state index contributed by atoms with van der Waals surface area (Å²) in [6, 6.07) is 16.7. The van der Waals surface area contributed by atoms with E-state index in [2.05, 4.69) is 10.6 Å². The molecule has 2 amide bonds. The number of nitrogens with two attached hydrogens (primary N) is 1. The molecule has 6 heteroatoms. The van der Waals surface area contributed by atoms with E-state index in [1.54, 1.807) is 0 Å². The van der Waals surface area contributed by atoms with Gasteiger partial charge in [0.25, 0.3) is 0 Å². The van der Waals surface area contributed by atoms with Crippen molar-refractivity contribution in [2.24, 2.45) is 11.7 Å². The molecule has 0 bridgehead atoms. The molecule has 0 saturated carbocycles. The predicted octanol–water partition coefficient (Wildman–Crippen LogP) is 3.10. The fraction of sp³-hybridized carbons (Fsp3) is 0.364. The van der Waals surface area contributed by atoms with Crippen LogP contribution in [-0.4, -0.2) is 18.0 Å². The lowest BCUT2D eigenvalue weighted by Gasteiger charge is -2.14. The van der Waals surface area contributed by atoms with Crippen molar-refractivity contribution >= 4 is 12.0 Å². The van der Waals surface area contributed by atoms with Crippen LogP contribution in [0.5, 0.6) is 0 Å². The third-order valence-electron chi connectivity index (χ3n) is 4.17. The Morgan fingerprint density at radius 2 is 1.54 bits per heavy atom. The van der Waals surface area contributed by atoms with Crippen LogP contribution >= 0.6 is 0 Å². The van der Waals surface area contributed by atoms with Crippen molar-refractivity contribution in [1.82, 2.24) is 10.6 Å². The van der Waals surface area contributed by atoms with E-state index in [0.717, 1.165) is 16.7 Å². The van der Waals surface area contributed by atoms with Crippen molar-refractivity contribution in [3.63, 3.8) is 0 Å². The maximum absolute atomic E-state index is 12.0. The minimum atomic E-state index is -0.496. The molecule has 4 N–H and O–H groups in total. The lowest BCUT2D eigenvalue weighted by molar-refractivity contribution is -0.122. The molecule has 0 radical (unpaired) electrons. The average molecular weight is 383 g/mol. The van der Waals surface area contributed by atoms with Crippen LogP contribution in [0.1, 0.15) is 37.0 Å². The molecule has 0 unspecified atom stereocenters. The number of ether oxygens (including phenoxy) is 1. The summed E-state index contributed by atoms with van der Waals surface area (Å²) in [6.07, 6.45) is 0.183. The highest BCUT2D eigenvalue weighted by molar-refractivity contribution is 5.81. The monoisotopic (exact) mass is 383 g/mol. The summed E-state index contributed by atoms with van der Waals surface area (Å²) in [5, 5.41) is 5.59. The summed E-state index contributed by atoms with van der Waals surface area (Å²) in [6.45, 7) is 5.05. The zero-order chi connectivity index (χ0) is 20.4. The van der Waals surface area contributed by atoms with Gasteiger partial charge in [-0.05, 0) is 29.0 Å². The highest BCUT2D eigenvalue weighted by Gasteiger charge is 2.14. The highest BCUT2D eigenvalue weighted by atomic mass is 16.5. The Kier molecular flexibility index (Phi) is 8.49. The second-order valence-corrected chi connectivity index (χ2v) is 7.19. The van der Waals surface area contributed by atoms with Crippen LogP contribution in [-0.2, 0) is 29.2 Å². The molecule has 2 rings (SSSR count). The Morgan fingerprint density at radius 1 is 0.929 bits per heavy atom. The van der Waals surface area contributed by atoms with E-state index in [4.69, 9.17) is 10.5 Å². The van der Waals surface area contributed by atoms with Crippen molar-refractivity contribution in [2.75, 3.05) is 0 Å². The molecule has 2 aromatic carbocycles. The summed E-state index contributed by atoms with van der Waals surface area (Å²) >= 11 is 0. The molecule has 0 aliphatic heterocycles. The normalized spacial score (nSPS) is 11.7. The lowest BCUT2D eigenvalue weighted by atomic mass is 10.0. The van der Waals surface area contributed by atoms with E-state index in [1.807, 2.05) is 68.4 Å². The fourth-order valence-corrected chi connectivity index (χ4v) is 2.73. The van der Waals surface area contributed by atoms with E-state index in [-0.39, 0.29) is 12.5 Å². The topological polar surface area (TPSA) is 93.5 Å². The number of carbonyl (C=O) groups is 2. The number of rotatable bonds is 9. The minimum absolute atomic E-state index is 0.151. The molecule has 6 nitrogen and oxygen atoms in total. The first-order chi connectivity index (χ1) is 13.4. The van der Waals surface area contributed by atoms with Crippen LogP contribution < -0.4 is 16.4 Å². The molecule has 0 aromatic heterocycles. The van der Waals surface area contributed by atoms with Gasteiger partial charge in [0.05, 0.1) is 6.04 Å². The molecule has 28 heavy (non-hydrogen) atoms. The number of alkyl carbamates (subject to hydrolysis) is 1. The summed E-state index contributed by atoms with van der Waals surface area (Å²) < 4.78 is 5.20. The van der Waals surface area contributed by atoms with Gasteiger partial charge in [-0.15, -0.1) is 0 Å². The fourth-order valence-electron chi connectivity index (χ4n) is 2.73. The van der Waals surface area contributed by atoms with Crippen LogP contribution in [0.4, 0.5) is 4.79 Å². The highest BCUT2D eigenvalue weighted by Crippen LogP contribution is 2.07. The molecule has 150 valence electrons. The van der Waals surface area contributed by atoms with Gasteiger partial charge >= 0.3 is 6.09 Å². The Morgan fingerprint density at radius 3 is 2.18 bits per heavy atom. The maximum Gasteiger partial charge on any atom is 0.407 e. The van der Waals surface area contributed by atoms with Crippen molar-refractivity contribution in [1.29, 1.82) is 0 Å². The number of amides is 2. The van der Waals surface area contributed by atoms with Gasteiger partial charge in [0, 0.05) is 13.1 Å². The summed E-state index contributed by atoms with van der Waals surface area (Å²) in [5.41, 5.74) is 8.70. The van der Waals surface area contributed by atoms with Gasteiger partial charge < -0.3 is 21.1 Å². The first-order valence-electron chi connectivity index (χ1n) is 9.49. The third-order valence-corrected chi connectivity index (χ3v) is 4.17. The largest absolute Gasteiger partial charge is 0.445 e. The number of benzene rings is 2.